The van der Waals surface area contributed by atoms with E-state index < -0.39 is 5.97 Å². The van der Waals surface area contributed by atoms with Gasteiger partial charge in [0.15, 0.2) is 0 Å². The zero-order valence-corrected chi connectivity index (χ0v) is 15.3. The molecule has 3 aromatic rings. The number of ether oxygens (including phenoxy) is 1. The predicted octanol–water partition coefficient (Wildman–Crippen LogP) is 3.21. The molecule has 0 spiro atoms. The van der Waals surface area contributed by atoms with Crippen molar-refractivity contribution in [2.24, 2.45) is 0 Å². The van der Waals surface area contributed by atoms with Gasteiger partial charge >= 0.3 is 5.97 Å². The minimum atomic E-state index is -0.427. The number of hydrogen-bond acceptors (Lipinski definition) is 6. The Balaban J connectivity index is 1.52. The number of amides is 1. The molecule has 0 bridgehead atoms. The van der Waals surface area contributed by atoms with E-state index in [1.807, 2.05) is 23.1 Å². The highest BCUT2D eigenvalue weighted by atomic mass is 16.5. The van der Waals surface area contributed by atoms with Crippen molar-refractivity contribution in [1.29, 1.82) is 0 Å². The summed E-state index contributed by atoms with van der Waals surface area (Å²) in [5.74, 6) is -0.273. The van der Waals surface area contributed by atoms with E-state index in [0.29, 0.717) is 17.2 Å². The van der Waals surface area contributed by atoms with Gasteiger partial charge in [-0.1, -0.05) is 18.2 Å². The molecule has 2 aromatic carbocycles. The van der Waals surface area contributed by atoms with Gasteiger partial charge in [-0.15, -0.1) is 0 Å². The first kappa shape index (κ1) is 17.7. The summed E-state index contributed by atoms with van der Waals surface area (Å²) in [6, 6.07) is 16.1. The highest BCUT2D eigenvalue weighted by Crippen LogP contribution is 2.32. The van der Waals surface area contributed by atoms with Gasteiger partial charge in [0, 0.05) is 24.1 Å². The molecule has 7 nitrogen and oxygen atoms in total. The molecule has 0 aliphatic carbocycles. The molecule has 0 fully saturated rings. The Morgan fingerprint density at radius 1 is 1.07 bits per heavy atom. The summed E-state index contributed by atoms with van der Waals surface area (Å²) in [5, 5.41) is 2.78. The largest absolute Gasteiger partial charge is 0.465 e. The fourth-order valence-electron chi connectivity index (χ4n) is 3.15. The Hall–Kier alpha value is -3.74. The number of carbonyl (C=O) groups excluding carboxylic acids is 2. The van der Waals surface area contributed by atoms with Crippen molar-refractivity contribution in [3.05, 3.63) is 77.6 Å². The number of methoxy groups -OCH3 is 1. The highest BCUT2D eigenvalue weighted by Gasteiger charge is 2.22. The monoisotopic (exact) mass is 374 g/mol. The number of anilines is 3. The number of para-hydroxylation sites is 1. The third-order valence-electron chi connectivity index (χ3n) is 4.57. The van der Waals surface area contributed by atoms with Crippen molar-refractivity contribution in [1.82, 2.24) is 9.97 Å². The lowest BCUT2D eigenvalue weighted by atomic mass is 10.2. The fourth-order valence-corrected chi connectivity index (χ4v) is 3.15. The lowest BCUT2D eigenvalue weighted by Gasteiger charge is -2.17. The molecule has 4 rings (SSSR count). The van der Waals surface area contributed by atoms with E-state index in [1.54, 1.807) is 36.5 Å². The van der Waals surface area contributed by atoms with Crippen molar-refractivity contribution in [2.45, 2.75) is 6.42 Å². The van der Waals surface area contributed by atoms with Crippen LogP contribution in [0.15, 0.2) is 60.8 Å². The minimum absolute atomic E-state index is 0.270. The van der Waals surface area contributed by atoms with Crippen LogP contribution in [0.25, 0.3) is 0 Å². The number of carbonyl (C=O) groups is 2. The molecule has 1 N–H and O–H groups in total. The fraction of sp³-hybridized carbons (Fsp3) is 0.143. The van der Waals surface area contributed by atoms with Crippen LogP contribution in [0.4, 0.5) is 17.3 Å². The van der Waals surface area contributed by atoms with Crippen LogP contribution in [0.5, 0.6) is 0 Å². The van der Waals surface area contributed by atoms with Gasteiger partial charge in [-0.2, -0.15) is 0 Å². The number of fused-ring (bicyclic) bond motifs is 1. The zero-order chi connectivity index (χ0) is 19.5. The van der Waals surface area contributed by atoms with Gasteiger partial charge in [0.05, 0.1) is 12.7 Å². The van der Waals surface area contributed by atoms with E-state index in [0.717, 1.165) is 18.7 Å². The normalized spacial score (nSPS) is 12.4. The second-order valence-electron chi connectivity index (χ2n) is 6.30. The van der Waals surface area contributed by atoms with Gasteiger partial charge in [-0.25, -0.2) is 14.8 Å². The molecule has 0 saturated heterocycles. The molecule has 1 aliphatic rings. The standard InChI is InChI=1S/C21H18N4O3/c1-28-20(27)15-6-8-16(9-7-15)23-19(26)17-10-12-22-21(24-17)25-13-11-14-4-2-3-5-18(14)25/h2-10,12H,11,13H2,1H3,(H,23,26). The van der Waals surface area contributed by atoms with Crippen LogP contribution in [0, 0.1) is 0 Å². The molecule has 1 aromatic heterocycles. The average Bonchev–Trinajstić information content (AvgIpc) is 3.18. The second-order valence-corrected chi connectivity index (χ2v) is 6.30. The van der Waals surface area contributed by atoms with Crippen molar-refractivity contribution >= 4 is 29.2 Å². The van der Waals surface area contributed by atoms with Crippen molar-refractivity contribution in [3.8, 4) is 0 Å². The number of esters is 1. The van der Waals surface area contributed by atoms with E-state index in [-0.39, 0.29) is 11.6 Å². The smallest absolute Gasteiger partial charge is 0.337 e. The van der Waals surface area contributed by atoms with E-state index in [4.69, 9.17) is 0 Å². The van der Waals surface area contributed by atoms with Crippen LogP contribution in [-0.4, -0.2) is 35.5 Å². The van der Waals surface area contributed by atoms with Gasteiger partial charge in [0.2, 0.25) is 5.95 Å². The highest BCUT2D eigenvalue weighted by molar-refractivity contribution is 6.03. The van der Waals surface area contributed by atoms with E-state index in [2.05, 4.69) is 26.1 Å². The van der Waals surface area contributed by atoms with Crippen molar-refractivity contribution < 1.29 is 14.3 Å². The maximum Gasteiger partial charge on any atom is 0.337 e. The van der Waals surface area contributed by atoms with Crippen LogP contribution < -0.4 is 10.2 Å². The molecule has 1 aliphatic heterocycles. The topological polar surface area (TPSA) is 84.4 Å². The van der Waals surface area contributed by atoms with Gasteiger partial charge in [0.25, 0.3) is 5.91 Å². The SMILES string of the molecule is COC(=O)c1ccc(NC(=O)c2ccnc(N3CCc4ccccc43)n2)cc1. The molecule has 0 atom stereocenters. The Labute approximate surface area is 162 Å². The summed E-state index contributed by atoms with van der Waals surface area (Å²) < 4.78 is 4.67. The molecular formula is C21H18N4O3. The van der Waals surface area contributed by atoms with Crippen molar-refractivity contribution in [3.63, 3.8) is 0 Å². The number of nitrogens with one attached hydrogen (secondary N) is 1. The van der Waals surface area contributed by atoms with Gasteiger partial charge in [0.1, 0.15) is 5.69 Å². The first-order valence-corrected chi connectivity index (χ1v) is 8.84. The molecule has 140 valence electrons. The quantitative estimate of drug-likeness (QED) is 0.706. The van der Waals surface area contributed by atoms with E-state index >= 15 is 0 Å². The number of rotatable bonds is 4. The average molecular weight is 374 g/mol. The Morgan fingerprint density at radius 3 is 2.64 bits per heavy atom. The first-order valence-electron chi connectivity index (χ1n) is 8.84. The minimum Gasteiger partial charge on any atom is -0.465 e. The second kappa shape index (κ2) is 7.48. The summed E-state index contributed by atoms with van der Waals surface area (Å²) in [4.78, 5) is 34.9. The molecule has 0 saturated carbocycles. The Bertz CT molecular complexity index is 1030. The number of aromatic nitrogens is 2. The third kappa shape index (κ3) is 3.42. The lowest BCUT2D eigenvalue weighted by molar-refractivity contribution is 0.0600. The molecular weight excluding hydrogens is 356 g/mol. The van der Waals surface area contributed by atoms with Crippen LogP contribution in [0.3, 0.4) is 0 Å². The predicted molar refractivity (Wildman–Crippen MR) is 105 cm³/mol. The van der Waals surface area contributed by atoms with Crippen LogP contribution in [0.2, 0.25) is 0 Å². The molecule has 28 heavy (non-hydrogen) atoms. The molecule has 0 radical (unpaired) electrons. The molecule has 0 unspecified atom stereocenters. The number of hydrogen-bond donors (Lipinski definition) is 1. The number of benzene rings is 2. The summed E-state index contributed by atoms with van der Waals surface area (Å²) in [7, 11) is 1.32. The summed E-state index contributed by atoms with van der Waals surface area (Å²) in [5.41, 5.74) is 3.55. The van der Waals surface area contributed by atoms with Crippen LogP contribution >= 0.6 is 0 Å². The summed E-state index contributed by atoms with van der Waals surface area (Å²) >= 11 is 0. The van der Waals surface area contributed by atoms with Crippen LogP contribution in [0.1, 0.15) is 26.4 Å². The Kier molecular flexibility index (Phi) is 4.72. The molecule has 2 heterocycles. The summed E-state index contributed by atoms with van der Waals surface area (Å²) in [6.45, 7) is 0.777. The van der Waals surface area contributed by atoms with E-state index in [9.17, 15) is 9.59 Å². The van der Waals surface area contributed by atoms with E-state index in [1.165, 1.54) is 12.7 Å². The van der Waals surface area contributed by atoms with Crippen LogP contribution in [-0.2, 0) is 11.2 Å². The van der Waals surface area contributed by atoms with Gasteiger partial charge in [-0.05, 0) is 48.4 Å². The summed E-state index contributed by atoms with van der Waals surface area (Å²) in [6.07, 6.45) is 2.50. The van der Waals surface area contributed by atoms with Gasteiger partial charge < -0.3 is 15.0 Å². The third-order valence-corrected chi connectivity index (χ3v) is 4.57. The van der Waals surface area contributed by atoms with Crippen molar-refractivity contribution in [2.75, 3.05) is 23.9 Å². The maximum absolute atomic E-state index is 12.6. The zero-order valence-electron chi connectivity index (χ0n) is 15.3. The maximum atomic E-state index is 12.6. The number of nitrogens with zero attached hydrogens (tertiary/aromatic N) is 3. The molecule has 7 heteroatoms. The van der Waals surface area contributed by atoms with Gasteiger partial charge in [-0.3, -0.25) is 4.79 Å². The molecule has 1 amide bonds. The lowest BCUT2D eigenvalue weighted by Crippen LogP contribution is -2.20. The first-order chi connectivity index (χ1) is 13.7. The Morgan fingerprint density at radius 2 is 1.86 bits per heavy atom.